The second-order valence-corrected chi connectivity index (χ2v) is 5.96. The van der Waals surface area contributed by atoms with E-state index in [9.17, 15) is 4.79 Å². The van der Waals surface area contributed by atoms with Gasteiger partial charge in [0.25, 0.3) is 0 Å². The van der Waals surface area contributed by atoms with Crippen LogP contribution in [0.4, 0.5) is 11.8 Å². The number of carbonyl (C=O) groups is 1. The predicted molar refractivity (Wildman–Crippen MR) is 84.6 cm³/mol. The highest BCUT2D eigenvalue weighted by molar-refractivity contribution is 5.73. The number of hydrogen-bond acceptors (Lipinski definition) is 5. The molecular weight excluding hydrogens is 266 g/mol. The van der Waals surface area contributed by atoms with Gasteiger partial charge in [-0.3, -0.25) is 4.79 Å². The van der Waals surface area contributed by atoms with Crippen LogP contribution in [0.25, 0.3) is 0 Å². The number of nitrogens with one attached hydrogen (secondary N) is 1. The minimum atomic E-state index is 0.146. The van der Waals surface area contributed by atoms with Crippen LogP contribution in [-0.4, -0.2) is 53.5 Å². The second-order valence-electron chi connectivity index (χ2n) is 5.96. The number of rotatable bonds is 4. The lowest BCUT2D eigenvalue weighted by molar-refractivity contribution is -0.129. The fourth-order valence-electron chi connectivity index (χ4n) is 2.34. The van der Waals surface area contributed by atoms with Crippen molar-refractivity contribution < 1.29 is 4.79 Å². The Bertz CT molecular complexity index is 495. The van der Waals surface area contributed by atoms with E-state index in [1.54, 1.807) is 6.92 Å². The van der Waals surface area contributed by atoms with Crippen molar-refractivity contribution >= 4 is 17.7 Å². The average Bonchev–Trinajstić information content (AvgIpc) is 2.44. The maximum atomic E-state index is 11.4. The van der Waals surface area contributed by atoms with Gasteiger partial charge in [-0.1, -0.05) is 13.8 Å². The van der Waals surface area contributed by atoms with E-state index in [1.807, 2.05) is 17.9 Å². The number of carbonyl (C=O) groups excluding carboxylic acids is 1. The van der Waals surface area contributed by atoms with E-state index in [2.05, 4.69) is 34.0 Å². The highest BCUT2D eigenvalue weighted by Gasteiger charge is 2.20. The lowest BCUT2D eigenvalue weighted by Gasteiger charge is -2.35. The summed E-state index contributed by atoms with van der Waals surface area (Å²) in [7, 11) is 0. The molecule has 2 rings (SSSR count). The molecule has 0 saturated carbocycles. The summed E-state index contributed by atoms with van der Waals surface area (Å²) in [6.45, 7) is 11.9. The van der Waals surface area contributed by atoms with Gasteiger partial charge in [-0.25, -0.2) is 4.98 Å². The molecule has 6 nitrogen and oxygen atoms in total. The van der Waals surface area contributed by atoms with Crippen LogP contribution < -0.4 is 10.2 Å². The Balaban J connectivity index is 2.04. The molecule has 0 aliphatic carbocycles. The molecule has 2 heterocycles. The number of nitrogens with zero attached hydrogens (tertiary/aromatic N) is 4. The molecule has 0 spiro atoms. The van der Waals surface area contributed by atoms with Gasteiger partial charge in [-0.2, -0.15) is 4.98 Å². The third-order valence-corrected chi connectivity index (χ3v) is 3.56. The van der Waals surface area contributed by atoms with E-state index in [4.69, 9.17) is 0 Å². The SMILES string of the molecule is CC(=O)N1CCN(c2cc(C)nc(NCC(C)C)n2)CC1. The summed E-state index contributed by atoms with van der Waals surface area (Å²) in [5, 5.41) is 3.28. The third-order valence-electron chi connectivity index (χ3n) is 3.56. The molecule has 0 atom stereocenters. The Hall–Kier alpha value is -1.85. The summed E-state index contributed by atoms with van der Waals surface area (Å²) in [6.07, 6.45) is 0. The number of amides is 1. The average molecular weight is 291 g/mol. The summed E-state index contributed by atoms with van der Waals surface area (Å²) in [5.41, 5.74) is 0.959. The largest absolute Gasteiger partial charge is 0.354 e. The molecule has 0 bridgehead atoms. The van der Waals surface area contributed by atoms with Crippen molar-refractivity contribution in [3.63, 3.8) is 0 Å². The van der Waals surface area contributed by atoms with Crippen LogP contribution >= 0.6 is 0 Å². The van der Waals surface area contributed by atoms with Crippen molar-refractivity contribution in [2.75, 3.05) is 42.9 Å². The molecular formula is C15H25N5O. The number of anilines is 2. The molecule has 6 heteroatoms. The lowest BCUT2D eigenvalue weighted by Crippen LogP contribution is -2.48. The van der Waals surface area contributed by atoms with E-state index >= 15 is 0 Å². The Morgan fingerprint density at radius 2 is 1.95 bits per heavy atom. The number of hydrogen-bond donors (Lipinski definition) is 1. The molecule has 1 N–H and O–H groups in total. The van der Waals surface area contributed by atoms with Crippen LogP contribution in [0.15, 0.2) is 6.07 Å². The Kier molecular flexibility index (Phi) is 4.98. The summed E-state index contributed by atoms with van der Waals surface area (Å²) in [5.74, 6) is 2.33. The van der Waals surface area contributed by atoms with E-state index in [0.717, 1.165) is 44.2 Å². The topological polar surface area (TPSA) is 61.4 Å². The van der Waals surface area contributed by atoms with Crippen molar-refractivity contribution in [1.82, 2.24) is 14.9 Å². The Morgan fingerprint density at radius 1 is 1.29 bits per heavy atom. The van der Waals surface area contributed by atoms with Crippen molar-refractivity contribution in [2.45, 2.75) is 27.7 Å². The van der Waals surface area contributed by atoms with Gasteiger partial charge in [-0.05, 0) is 12.8 Å². The first-order chi connectivity index (χ1) is 9.95. The highest BCUT2D eigenvalue weighted by atomic mass is 16.2. The summed E-state index contributed by atoms with van der Waals surface area (Å²) < 4.78 is 0. The van der Waals surface area contributed by atoms with Crippen LogP contribution in [0.3, 0.4) is 0 Å². The second kappa shape index (κ2) is 6.74. The minimum Gasteiger partial charge on any atom is -0.354 e. The number of aryl methyl sites for hydroxylation is 1. The van der Waals surface area contributed by atoms with Crippen LogP contribution in [0.2, 0.25) is 0 Å². The fourth-order valence-corrected chi connectivity index (χ4v) is 2.34. The smallest absolute Gasteiger partial charge is 0.224 e. The van der Waals surface area contributed by atoms with Gasteiger partial charge in [0, 0.05) is 51.4 Å². The van der Waals surface area contributed by atoms with Crippen LogP contribution in [0, 0.1) is 12.8 Å². The van der Waals surface area contributed by atoms with Gasteiger partial charge in [0.05, 0.1) is 0 Å². The van der Waals surface area contributed by atoms with E-state index < -0.39 is 0 Å². The first-order valence-electron chi connectivity index (χ1n) is 7.55. The molecule has 1 aliphatic rings. The third kappa shape index (κ3) is 4.31. The molecule has 0 radical (unpaired) electrons. The molecule has 1 fully saturated rings. The molecule has 1 aromatic rings. The fraction of sp³-hybridized carbons (Fsp3) is 0.667. The van der Waals surface area contributed by atoms with Crippen molar-refractivity contribution in [3.8, 4) is 0 Å². The van der Waals surface area contributed by atoms with Gasteiger partial charge >= 0.3 is 0 Å². The van der Waals surface area contributed by atoms with Gasteiger partial charge in [0.1, 0.15) is 5.82 Å². The molecule has 0 unspecified atom stereocenters. The molecule has 1 aromatic heterocycles. The van der Waals surface area contributed by atoms with Gasteiger partial charge in [0.2, 0.25) is 11.9 Å². The molecule has 21 heavy (non-hydrogen) atoms. The molecule has 1 amide bonds. The zero-order valence-corrected chi connectivity index (χ0v) is 13.4. The zero-order valence-electron chi connectivity index (χ0n) is 13.4. The van der Waals surface area contributed by atoms with Crippen LogP contribution in [-0.2, 0) is 4.79 Å². The first-order valence-corrected chi connectivity index (χ1v) is 7.55. The van der Waals surface area contributed by atoms with Crippen molar-refractivity contribution in [3.05, 3.63) is 11.8 Å². The summed E-state index contributed by atoms with van der Waals surface area (Å²) in [6, 6.07) is 2.00. The predicted octanol–water partition coefficient (Wildman–Crippen LogP) is 1.52. The highest BCUT2D eigenvalue weighted by Crippen LogP contribution is 2.17. The normalized spacial score (nSPS) is 15.5. The van der Waals surface area contributed by atoms with Gasteiger partial charge in [-0.15, -0.1) is 0 Å². The van der Waals surface area contributed by atoms with Crippen LogP contribution in [0.1, 0.15) is 26.5 Å². The standard InChI is InChI=1S/C15H25N5O/c1-11(2)10-16-15-17-12(3)9-14(18-15)20-7-5-19(6-8-20)13(4)21/h9,11H,5-8,10H2,1-4H3,(H,16,17,18). The summed E-state index contributed by atoms with van der Waals surface area (Å²) >= 11 is 0. The van der Waals surface area contributed by atoms with Gasteiger partial charge in [0.15, 0.2) is 0 Å². The lowest BCUT2D eigenvalue weighted by atomic mass is 10.2. The summed E-state index contributed by atoms with van der Waals surface area (Å²) in [4.78, 5) is 24.5. The maximum Gasteiger partial charge on any atom is 0.224 e. The Labute approximate surface area is 126 Å². The minimum absolute atomic E-state index is 0.146. The quantitative estimate of drug-likeness (QED) is 0.911. The zero-order chi connectivity index (χ0) is 15.4. The maximum absolute atomic E-state index is 11.4. The first kappa shape index (κ1) is 15.5. The monoisotopic (exact) mass is 291 g/mol. The molecule has 116 valence electrons. The van der Waals surface area contributed by atoms with Gasteiger partial charge < -0.3 is 15.1 Å². The molecule has 1 aliphatic heterocycles. The van der Waals surface area contributed by atoms with E-state index in [1.165, 1.54) is 0 Å². The molecule has 1 saturated heterocycles. The van der Waals surface area contributed by atoms with Crippen molar-refractivity contribution in [1.29, 1.82) is 0 Å². The molecule has 0 aromatic carbocycles. The van der Waals surface area contributed by atoms with E-state index in [-0.39, 0.29) is 5.91 Å². The van der Waals surface area contributed by atoms with Crippen LogP contribution in [0.5, 0.6) is 0 Å². The van der Waals surface area contributed by atoms with E-state index in [0.29, 0.717) is 11.9 Å². The number of aromatic nitrogens is 2. The van der Waals surface area contributed by atoms with Crippen molar-refractivity contribution in [2.24, 2.45) is 5.92 Å². The number of piperazine rings is 1. The Morgan fingerprint density at radius 3 is 2.52 bits per heavy atom.